The summed E-state index contributed by atoms with van der Waals surface area (Å²) >= 11 is 7.77. The van der Waals surface area contributed by atoms with Gasteiger partial charge in [-0.05, 0) is 75.9 Å². The van der Waals surface area contributed by atoms with Gasteiger partial charge in [0.15, 0.2) is 8.32 Å². The van der Waals surface area contributed by atoms with Crippen LogP contribution in [0.1, 0.15) is 72.1 Å². The van der Waals surface area contributed by atoms with E-state index in [0.717, 1.165) is 19.3 Å². The molecule has 0 amide bonds. The van der Waals surface area contributed by atoms with Gasteiger partial charge in [-0.2, -0.15) is 0 Å². The third-order valence-corrected chi connectivity index (χ3v) is 19.0. The average molecular weight is 603 g/mol. The second-order valence-corrected chi connectivity index (χ2v) is 24.2. The lowest BCUT2D eigenvalue weighted by molar-refractivity contribution is -0.0400. The number of allylic oxidation sites excluding steroid dienone is 1. The molecule has 1 aromatic rings. The summed E-state index contributed by atoms with van der Waals surface area (Å²) in [5, 5.41) is 0.0368. The number of ether oxygens (including phenoxy) is 1. The smallest absolute Gasteiger partial charge is 0.330 e. The van der Waals surface area contributed by atoms with Crippen LogP contribution in [0, 0.1) is 12.8 Å². The molecule has 38 heavy (non-hydrogen) atoms. The van der Waals surface area contributed by atoms with Gasteiger partial charge in [-0.1, -0.05) is 44.3 Å². The normalized spacial score (nSPS) is 35.8. The highest BCUT2D eigenvalue weighted by Gasteiger charge is 2.55. The Balaban J connectivity index is 1.57. The van der Waals surface area contributed by atoms with Gasteiger partial charge in [0, 0.05) is 22.9 Å². The second-order valence-electron chi connectivity index (χ2n) is 12.8. The van der Waals surface area contributed by atoms with E-state index in [-0.39, 0.29) is 15.9 Å². The highest BCUT2D eigenvalue weighted by molar-refractivity contribution is 8.68. The minimum Gasteiger partial charge on any atom is -0.414 e. The van der Waals surface area contributed by atoms with Crippen molar-refractivity contribution in [3.63, 3.8) is 0 Å². The summed E-state index contributed by atoms with van der Waals surface area (Å²) in [4.78, 5) is 27.0. The van der Waals surface area contributed by atoms with Gasteiger partial charge in [0.25, 0.3) is 5.56 Å². The van der Waals surface area contributed by atoms with Crippen molar-refractivity contribution in [2.75, 3.05) is 6.61 Å². The molecule has 0 bridgehead atoms. The average Bonchev–Trinajstić information content (AvgIpc) is 3.29. The number of nitrogens with zero attached hydrogens (tertiary/aromatic N) is 1. The fraction of sp³-hybridized carbons (Fsp3) is 0.769. The zero-order chi connectivity index (χ0) is 28.3. The number of aryl methyl sites for hydroxylation is 1. The van der Waals surface area contributed by atoms with E-state index in [9.17, 15) is 9.59 Å². The number of hydrogen-bond acceptors (Lipinski definition) is 8. The van der Waals surface area contributed by atoms with E-state index in [1.165, 1.54) is 10.1 Å². The zero-order valence-electron chi connectivity index (χ0n) is 23.9. The molecule has 214 valence electrons. The molecule has 7 atom stereocenters. The van der Waals surface area contributed by atoms with E-state index in [1.54, 1.807) is 24.5 Å². The van der Waals surface area contributed by atoms with E-state index in [0.29, 0.717) is 24.5 Å². The largest absolute Gasteiger partial charge is 0.414 e. The Kier molecular flexibility index (Phi) is 8.58. The van der Waals surface area contributed by atoms with Gasteiger partial charge in [0.05, 0.1) is 18.8 Å². The maximum absolute atomic E-state index is 12.7. The molecular formula is C26H43N2O6PS2Si. The van der Waals surface area contributed by atoms with Crippen LogP contribution in [0.3, 0.4) is 0 Å². The lowest BCUT2D eigenvalue weighted by Gasteiger charge is -2.37. The Morgan fingerprint density at radius 3 is 2.68 bits per heavy atom. The van der Waals surface area contributed by atoms with Crippen molar-refractivity contribution in [2.24, 2.45) is 5.92 Å². The number of fused-ring (bicyclic) bond motifs is 1. The van der Waals surface area contributed by atoms with Crippen molar-refractivity contribution in [1.82, 2.24) is 9.55 Å². The van der Waals surface area contributed by atoms with E-state index in [4.69, 9.17) is 30.0 Å². The van der Waals surface area contributed by atoms with Crippen molar-refractivity contribution in [1.29, 1.82) is 0 Å². The van der Waals surface area contributed by atoms with Crippen LogP contribution < -0.4 is 11.2 Å². The van der Waals surface area contributed by atoms with Crippen LogP contribution in [0.25, 0.3) is 0 Å². The number of aromatic nitrogens is 2. The van der Waals surface area contributed by atoms with Gasteiger partial charge in [-0.15, -0.1) is 0 Å². The zero-order valence-corrected chi connectivity index (χ0v) is 27.4. The molecule has 3 heterocycles. The van der Waals surface area contributed by atoms with Crippen molar-refractivity contribution in [2.45, 2.75) is 115 Å². The van der Waals surface area contributed by atoms with Crippen molar-refractivity contribution in [3.8, 4) is 0 Å². The van der Waals surface area contributed by atoms with Crippen LogP contribution >= 0.6 is 17.1 Å². The number of rotatable bonds is 7. The Bertz CT molecular complexity index is 1240. The first-order chi connectivity index (χ1) is 17.4. The topological polar surface area (TPSA) is 91.8 Å². The minimum absolute atomic E-state index is 0.0262. The maximum Gasteiger partial charge on any atom is 0.330 e. The molecule has 0 radical (unpaired) electrons. The fourth-order valence-corrected chi connectivity index (χ4v) is 13.7. The van der Waals surface area contributed by atoms with Gasteiger partial charge in [0.1, 0.15) is 12.3 Å². The van der Waals surface area contributed by atoms with Gasteiger partial charge in [0.2, 0.25) is 5.69 Å². The Hall–Kier alpha value is -0.523. The minimum atomic E-state index is -2.68. The predicted octanol–water partition coefficient (Wildman–Crippen LogP) is 6.03. The van der Waals surface area contributed by atoms with Crippen molar-refractivity contribution in [3.05, 3.63) is 44.8 Å². The molecule has 1 N–H and O–H groups in total. The summed E-state index contributed by atoms with van der Waals surface area (Å²) in [6.45, 7) is 21.5. The molecule has 1 aromatic heterocycles. The Morgan fingerprint density at radius 1 is 1.37 bits per heavy atom. The van der Waals surface area contributed by atoms with Crippen LogP contribution in [-0.4, -0.2) is 47.5 Å². The van der Waals surface area contributed by atoms with E-state index in [2.05, 4.69) is 59.3 Å². The van der Waals surface area contributed by atoms with Crippen LogP contribution in [0.15, 0.2) is 27.9 Å². The standard InChI is InChI=1S/C26H43N2O6PS2Si/c1-16(2)18-10-11-26(7)21(12-18)34-35(36,37-26)33-19-13-22(28-14-17(3)23(29)27-24(28)30)32-20(19)15-31-38(8,9)25(4,5)6/h14,18-22H,1,10-13,15H2,2-9H3,(H,27,29,30)/t18-,19-,20+,21+,22+,26+,35?/m0/s1. The molecule has 2 saturated heterocycles. The van der Waals surface area contributed by atoms with Gasteiger partial charge in [-0.25, -0.2) is 4.79 Å². The summed E-state index contributed by atoms with van der Waals surface area (Å²) in [6, 6.07) is 0. The van der Waals surface area contributed by atoms with E-state index < -0.39 is 43.7 Å². The molecule has 4 rings (SSSR count). The van der Waals surface area contributed by atoms with Gasteiger partial charge < -0.3 is 18.2 Å². The van der Waals surface area contributed by atoms with Crippen molar-refractivity contribution < 1.29 is 18.2 Å². The lowest BCUT2D eigenvalue weighted by atomic mass is 9.77. The molecule has 1 aliphatic carbocycles. The fourth-order valence-electron chi connectivity index (χ4n) is 5.04. The van der Waals surface area contributed by atoms with Gasteiger partial charge in [-0.3, -0.25) is 14.3 Å². The third kappa shape index (κ3) is 6.20. The van der Waals surface area contributed by atoms with E-state index in [1.807, 2.05) is 0 Å². The van der Waals surface area contributed by atoms with Crippen molar-refractivity contribution >= 4 is 37.2 Å². The number of H-pyrrole nitrogens is 1. The summed E-state index contributed by atoms with van der Waals surface area (Å²) in [5.74, 6) is 0.440. The molecule has 0 aromatic carbocycles. The highest BCUT2D eigenvalue weighted by Crippen LogP contribution is 2.76. The molecule has 3 fully saturated rings. The Labute approximate surface area is 236 Å². The quantitative estimate of drug-likeness (QED) is 0.230. The number of aromatic amines is 1. The maximum atomic E-state index is 12.7. The van der Waals surface area contributed by atoms with Gasteiger partial charge >= 0.3 is 5.69 Å². The molecule has 1 saturated carbocycles. The summed E-state index contributed by atoms with van der Waals surface area (Å²) in [6.07, 6.45) is 3.57. The summed E-state index contributed by atoms with van der Waals surface area (Å²) in [5.41, 5.74) is -1.95. The molecule has 2 aliphatic heterocycles. The summed E-state index contributed by atoms with van der Waals surface area (Å²) < 4.78 is 27.5. The first-order valence-corrected chi connectivity index (χ1v) is 20.3. The molecule has 0 spiro atoms. The molecular weight excluding hydrogens is 559 g/mol. The van der Waals surface area contributed by atoms with Crippen LogP contribution in [0.2, 0.25) is 18.1 Å². The van der Waals surface area contributed by atoms with Crippen LogP contribution in [0.5, 0.6) is 0 Å². The number of nitrogens with one attached hydrogen (secondary N) is 1. The first kappa shape index (κ1) is 30.4. The first-order valence-electron chi connectivity index (χ1n) is 13.4. The Morgan fingerprint density at radius 2 is 2.05 bits per heavy atom. The SMILES string of the molecule is C=C(C)[C@H]1CC[C@@]2(C)SP(=S)(O[C@H]3C[C@H](n4cc(C)c(=O)[nH]c4=O)O[C@@H]3CO[Si](C)(C)C(C)(C)C)O[C@@H]2C1. The predicted molar refractivity (Wildman–Crippen MR) is 160 cm³/mol. The lowest BCUT2D eigenvalue weighted by Crippen LogP contribution is -2.44. The molecule has 12 heteroatoms. The number of hydrogen-bond donors (Lipinski definition) is 1. The van der Waals surface area contributed by atoms with Crippen LogP contribution in [0.4, 0.5) is 0 Å². The second kappa shape index (κ2) is 10.7. The highest BCUT2D eigenvalue weighted by atomic mass is 32.9. The molecule has 1 unspecified atom stereocenters. The van der Waals surface area contributed by atoms with E-state index >= 15 is 0 Å². The summed E-state index contributed by atoms with van der Waals surface area (Å²) in [7, 11) is -2.06. The monoisotopic (exact) mass is 602 g/mol. The molecule has 3 aliphatic rings. The van der Waals surface area contributed by atoms with Crippen LogP contribution in [-0.2, 0) is 30.0 Å². The third-order valence-electron chi connectivity index (χ3n) is 8.76. The molecule has 8 nitrogen and oxygen atoms in total.